The van der Waals surface area contributed by atoms with E-state index in [0.29, 0.717) is 35.2 Å². The van der Waals surface area contributed by atoms with Crippen molar-refractivity contribution < 1.29 is 13.9 Å². The molecule has 0 fully saturated rings. The largest absolute Gasteiger partial charge is 0.492 e. The van der Waals surface area contributed by atoms with Gasteiger partial charge in [-0.05, 0) is 28.4 Å². The van der Waals surface area contributed by atoms with E-state index in [-0.39, 0.29) is 10.8 Å². The predicted octanol–water partition coefficient (Wildman–Crippen LogP) is 5.28. The van der Waals surface area contributed by atoms with E-state index >= 15 is 0 Å². The number of hydrogen-bond acceptors (Lipinski definition) is 2. The average Bonchev–Trinajstić information content (AvgIpc) is 2.49. The van der Waals surface area contributed by atoms with Crippen molar-refractivity contribution in [1.82, 2.24) is 0 Å². The maximum Gasteiger partial charge on any atom is 0.163 e. The van der Waals surface area contributed by atoms with Gasteiger partial charge in [-0.3, -0.25) is 4.79 Å². The van der Waals surface area contributed by atoms with Crippen LogP contribution in [0, 0.1) is 5.82 Å². The van der Waals surface area contributed by atoms with Crippen LogP contribution in [0.4, 0.5) is 4.39 Å². The average molecular weight is 372 g/mol. The fraction of sp³-hybridized carbons (Fsp3) is 0.188. The Bertz CT molecular complexity index is 632. The number of halogens is 3. The minimum absolute atomic E-state index is 0.0356. The molecule has 0 N–H and O–H groups in total. The second-order valence-electron chi connectivity index (χ2n) is 4.44. The lowest BCUT2D eigenvalue weighted by molar-refractivity contribution is 0.0973. The molecule has 0 radical (unpaired) electrons. The maximum absolute atomic E-state index is 13.3. The molecule has 110 valence electrons. The van der Waals surface area contributed by atoms with Crippen molar-refractivity contribution in [1.29, 1.82) is 0 Å². The van der Waals surface area contributed by atoms with Gasteiger partial charge in [-0.2, -0.15) is 0 Å². The number of carbonyl (C=O) groups is 1. The molecule has 0 bridgehead atoms. The molecule has 5 heteroatoms. The van der Waals surface area contributed by atoms with Gasteiger partial charge in [0.1, 0.15) is 11.6 Å². The van der Waals surface area contributed by atoms with Crippen LogP contribution >= 0.6 is 27.5 Å². The van der Waals surface area contributed by atoms with Gasteiger partial charge in [-0.25, -0.2) is 4.39 Å². The van der Waals surface area contributed by atoms with Crippen molar-refractivity contribution in [2.24, 2.45) is 0 Å². The molecule has 0 aromatic heterocycles. The van der Waals surface area contributed by atoms with Crippen molar-refractivity contribution in [3.05, 3.63) is 63.3 Å². The fourth-order valence-electron chi connectivity index (χ4n) is 1.80. The summed E-state index contributed by atoms with van der Waals surface area (Å²) >= 11 is 8.91. The van der Waals surface area contributed by atoms with Crippen LogP contribution in [0.15, 0.2) is 46.9 Å². The minimum Gasteiger partial charge on any atom is -0.492 e. The third-order valence-electron chi connectivity index (χ3n) is 2.88. The third-order valence-corrected chi connectivity index (χ3v) is 3.79. The maximum atomic E-state index is 13.3. The molecule has 2 aromatic carbocycles. The summed E-state index contributed by atoms with van der Waals surface area (Å²) < 4.78 is 19.4. The van der Waals surface area contributed by atoms with Crippen molar-refractivity contribution in [3.8, 4) is 5.75 Å². The van der Waals surface area contributed by atoms with E-state index < -0.39 is 5.82 Å². The van der Waals surface area contributed by atoms with E-state index in [4.69, 9.17) is 16.3 Å². The van der Waals surface area contributed by atoms with E-state index in [1.54, 1.807) is 12.1 Å². The summed E-state index contributed by atoms with van der Waals surface area (Å²) in [5.41, 5.74) is 0.691. The number of hydrogen-bond donors (Lipinski definition) is 0. The van der Waals surface area contributed by atoms with E-state index in [1.807, 2.05) is 18.2 Å². The zero-order valence-corrected chi connectivity index (χ0v) is 13.5. The molecule has 0 aliphatic heterocycles. The molecular formula is C16H13BrClFO2. The molecule has 2 aromatic rings. The quantitative estimate of drug-likeness (QED) is 0.392. The zero-order valence-electron chi connectivity index (χ0n) is 11.1. The summed E-state index contributed by atoms with van der Waals surface area (Å²) in [5.74, 6) is -0.0835. The first-order valence-corrected chi connectivity index (χ1v) is 7.60. The number of rotatable bonds is 6. The molecule has 0 unspecified atom stereocenters. The van der Waals surface area contributed by atoms with Gasteiger partial charge in [-0.1, -0.05) is 41.9 Å². The highest BCUT2D eigenvalue weighted by Crippen LogP contribution is 2.30. The Kier molecular flexibility index (Phi) is 5.76. The van der Waals surface area contributed by atoms with Crippen LogP contribution in [0.25, 0.3) is 0 Å². The topological polar surface area (TPSA) is 26.3 Å². The lowest BCUT2D eigenvalue weighted by atomic mass is 10.1. The lowest BCUT2D eigenvalue weighted by Crippen LogP contribution is -2.04. The standard InChI is InChI=1S/C16H13BrClFO2/c17-12-9-13(18)14(19)10-16(12)21-8-4-7-15(20)11-5-2-1-3-6-11/h1-3,5-6,9-10H,4,7-8H2. The van der Waals surface area contributed by atoms with Crippen LogP contribution in [-0.4, -0.2) is 12.4 Å². The molecule has 2 rings (SSSR count). The highest BCUT2D eigenvalue weighted by atomic mass is 79.9. The van der Waals surface area contributed by atoms with Gasteiger partial charge in [-0.15, -0.1) is 0 Å². The molecule has 2 nitrogen and oxygen atoms in total. The van der Waals surface area contributed by atoms with E-state index in [9.17, 15) is 9.18 Å². The van der Waals surface area contributed by atoms with Crippen molar-refractivity contribution in [2.75, 3.05) is 6.61 Å². The highest BCUT2D eigenvalue weighted by molar-refractivity contribution is 9.10. The fourth-order valence-corrected chi connectivity index (χ4v) is 2.55. The smallest absolute Gasteiger partial charge is 0.163 e. The SMILES string of the molecule is O=C(CCCOc1cc(F)c(Cl)cc1Br)c1ccccc1. The first-order chi connectivity index (χ1) is 10.1. The van der Waals surface area contributed by atoms with Crippen molar-refractivity contribution in [2.45, 2.75) is 12.8 Å². The predicted molar refractivity (Wildman–Crippen MR) is 84.6 cm³/mol. The molecule has 0 aliphatic rings. The van der Waals surface area contributed by atoms with Crippen LogP contribution in [0.5, 0.6) is 5.75 Å². The normalized spacial score (nSPS) is 10.4. The lowest BCUT2D eigenvalue weighted by Gasteiger charge is -2.09. The molecule has 0 saturated carbocycles. The summed E-state index contributed by atoms with van der Waals surface area (Å²) in [6, 6.07) is 11.8. The number of ketones is 1. The van der Waals surface area contributed by atoms with Gasteiger partial charge in [0.2, 0.25) is 0 Å². The Balaban J connectivity index is 1.83. The van der Waals surface area contributed by atoms with Crippen LogP contribution in [0.2, 0.25) is 5.02 Å². The van der Waals surface area contributed by atoms with Crippen molar-refractivity contribution >= 4 is 33.3 Å². The zero-order chi connectivity index (χ0) is 15.2. The number of ether oxygens (including phenoxy) is 1. The molecule has 0 heterocycles. The second kappa shape index (κ2) is 7.57. The van der Waals surface area contributed by atoms with Gasteiger partial charge in [0.15, 0.2) is 5.78 Å². The Labute approximate surface area is 136 Å². The number of benzene rings is 2. The summed E-state index contributed by atoms with van der Waals surface area (Å²) in [4.78, 5) is 11.9. The summed E-state index contributed by atoms with van der Waals surface area (Å²) in [6.45, 7) is 0.332. The van der Waals surface area contributed by atoms with Gasteiger partial charge in [0.05, 0.1) is 16.1 Å². The van der Waals surface area contributed by atoms with E-state index in [0.717, 1.165) is 0 Å². The first kappa shape index (κ1) is 16.0. The Morgan fingerprint density at radius 1 is 1.24 bits per heavy atom. The number of Topliss-reactive ketones (excluding diaryl/α,β-unsaturated/α-hetero) is 1. The Hall–Kier alpha value is -1.39. The molecule has 21 heavy (non-hydrogen) atoms. The summed E-state index contributed by atoms with van der Waals surface area (Å²) in [6.07, 6.45) is 0.947. The summed E-state index contributed by atoms with van der Waals surface area (Å²) in [5, 5.41) is 0.0356. The first-order valence-electron chi connectivity index (χ1n) is 6.43. The van der Waals surface area contributed by atoms with Gasteiger partial charge >= 0.3 is 0 Å². The van der Waals surface area contributed by atoms with Crippen LogP contribution in [0.1, 0.15) is 23.2 Å². The van der Waals surface area contributed by atoms with Crippen molar-refractivity contribution in [3.63, 3.8) is 0 Å². The Morgan fingerprint density at radius 2 is 1.95 bits per heavy atom. The molecule has 0 spiro atoms. The molecular weight excluding hydrogens is 359 g/mol. The van der Waals surface area contributed by atoms with E-state index in [1.165, 1.54) is 12.1 Å². The molecule has 0 atom stereocenters. The summed E-state index contributed by atoms with van der Waals surface area (Å²) in [7, 11) is 0. The van der Waals surface area contributed by atoms with Gasteiger partial charge < -0.3 is 4.74 Å². The van der Waals surface area contributed by atoms with E-state index in [2.05, 4.69) is 15.9 Å². The second-order valence-corrected chi connectivity index (χ2v) is 5.70. The van der Waals surface area contributed by atoms with Gasteiger partial charge in [0.25, 0.3) is 0 Å². The molecule has 0 saturated heterocycles. The van der Waals surface area contributed by atoms with Crippen LogP contribution in [-0.2, 0) is 0 Å². The molecule has 0 aliphatic carbocycles. The minimum atomic E-state index is -0.532. The monoisotopic (exact) mass is 370 g/mol. The van der Waals surface area contributed by atoms with Crippen LogP contribution in [0.3, 0.4) is 0 Å². The third kappa shape index (κ3) is 4.55. The van der Waals surface area contributed by atoms with Crippen LogP contribution < -0.4 is 4.74 Å². The number of carbonyl (C=O) groups excluding carboxylic acids is 1. The molecule has 0 amide bonds. The Morgan fingerprint density at radius 3 is 2.67 bits per heavy atom. The highest BCUT2D eigenvalue weighted by Gasteiger charge is 2.09. The van der Waals surface area contributed by atoms with Gasteiger partial charge in [0, 0.05) is 18.1 Å².